The maximum atomic E-state index is 12.3. The van der Waals surface area contributed by atoms with Crippen molar-refractivity contribution in [1.82, 2.24) is 0 Å². The molecule has 126 valence electrons. The van der Waals surface area contributed by atoms with Gasteiger partial charge in [0.2, 0.25) is 5.78 Å². The minimum absolute atomic E-state index is 0.180. The highest BCUT2D eigenvalue weighted by Crippen LogP contribution is 2.19. The van der Waals surface area contributed by atoms with E-state index in [-0.39, 0.29) is 12.4 Å². The Hall–Kier alpha value is -2.42. The first-order valence-electron chi connectivity index (χ1n) is 8.30. The summed E-state index contributed by atoms with van der Waals surface area (Å²) in [7, 11) is 0. The lowest BCUT2D eigenvalue weighted by atomic mass is 9.98. The van der Waals surface area contributed by atoms with Gasteiger partial charge in [-0.3, -0.25) is 4.79 Å². The Bertz CT molecular complexity index is 729. The number of esters is 1. The molecule has 1 unspecified atom stereocenters. The lowest BCUT2D eigenvalue weighted by Gasteiger charge is -2.10. The van der Waals surface area contributed by atoms with Crippen LogP contribution in [0, 0.1) is 13.8 Å². The molecule has 0 saturated heterocycles. The van der Waals surface area contributed by atoms with Gasteiger partial charge in [0.15, 0.2) is 6.61 Å². The fourth-order valence-electron chi connectivity index (χ4n) is 2.51. The Morgan fingerprint density at radius 2 is 1.71 bits per heavy atom. The van der Waals surface area contributed by atoms with E-state index < -0.39 is 5.97 Å². The summed E-state index contributed by atoms with van der Waals surface area (Å²) in [5.74, 6) is -0.189. The molecule has 2 rings (SSSR count). The third-order valence-corrected chi connectivity index (χ3v) is 4.36. The SMILES string of the molecule is CCC(C)c1ccc(C(=O)OCC(=O)c2cc(C)ccc2C)cc1. The standard InChI is InChI=1S/C21H24O3/c1-5-15(3)17-8-10-18(11-9-17)21(23)24-13-20(22)19-12-14(2)6-7-16(19)4/h6-12,15H,5,13H2,1-4H3. The lowest BCUT2D eigenvalue weighted by molar-refractivity contribution is 0.0474. The smallest absolute Gasteiger partial charge is 0.338 e. The number of carbonyl (C=O) groups excluding carboxylic acids is 2. The molecule has 2 aromatic rings. The zero-order chi connectivity index (χ0) is 17.7. The molecule has 3 heteroatoms. The monoisotopic (exact) mass is 324 g/mol. The van der Waals surface area contributed by atoms with Crippen LogP contribution in [0.1, 0.15) is 63.6 Å². The molecule has 24 heavy (non-hydrogen) atoms. The first kappa shape index (κ1) is 17.9. The number of ketones is 1. The summed E-state index contributed by atoms with van der Waals surface area (Å²) in [6.45, 7) is 7.85. The Balaban J connectivity index is 2.00. The van der Waals surface area contributed by atoms with Crippen LogP contribution in [0.15, 0.2) is 42.5 Å². The van der Waals surface area contributed by atoms with Crippen molar-refractivity contribution < 1.29 is 14.3 Å². The van der Waals surface area contributed by atoms with Crippen LogP contribution in [0.3, 0.4) is 0 Å². The topological polar surface area (TPSA) is 43.4 Å². The molecule has 0 aromatic heterocycles. The van der Waals surface area contributed by atoms with Crippen LogP contribution in [-0.2, 0) is 4.74 Å². The molecule has 0 amide bonds. The Morgan fingerprint density at radius 1 is 1.04 bits per heavy atom. The van der Waals surface area contributed by atoms with Crippen molar-refractivity contribution >= 4 is 11.8 Å². The first-order chi connectivity index (χ1) is 11.4. The van der Waals surface area contributed by atoms with Gasteiger partial charge < -0.3 is 4.74 Å². The fourth-order valence-corrected chi connectivity index (χ4v) is 2.51. The zero-order valence-corrected chi connectivity index (χ0v) is 14.8. The quantitative estimate of drug-likeness (QED) is 0.563. The average Bonchev–Trinajstić information content (AvgIpc) is 2.60. The van der Waals surface area contributed by atoms with Gasteiger partial charge >= 0.3 is 5.97 Å². The van der Waals surface area contributed by atoms with Crippen molar-refractivity contribution in [3.05, 3.63) is 70.3 Å². The highest BCUT2D eigenvalue weighted by Gasteiger charge is 2.14. The summed E-state index contributed by atoms with van der Waals surface area (Å²) in [4.78, 5) is 24.4. The molecular weight excluding hydrogens is 300 g/mol. The number of carbonyl (C=O) groups is 2. The third-order valence-electron chi connectivity index (χ3n) is 4.36. The summed E-state index contributed by atoms with van der Waals surface area (Å²) < 4.78 is 5.18. The summed E-state index contributed by atoms with van der Waals surface area (Å²) in [5.41, 5.74) is 4.17. The van der Waals surface area contributed by atoms with E-state index in [1.165, 1.54) is 5.56 Å². The van der Waals surface area contributed by atoms with E-state index in [2.05, 4.69) is 13.8 Å². The van der Waals surface area contributed by atoms with Gasteiger partial charge in [-0.25, -0.2) is 4.79 Å². The minimum Gasteiger partial charge on any atom is -0.454 e. The fraction of sp³-hybridized carbons (Fsp3) is 0.333. The van der Waals surface area contributed by atoms with Crippen LogP contribution in [0.5, 0.6) is 0 Å². The second-order valence-corrected chi connectivity index (χ2v) is 6.25. The van der Waals surface area contributed by atoms with Gasteiger partial charge in [0.1, 0.15) is 0 Å². The summed E-state index contributed by atoms with van der Waals surface area (Å²) in [6, 6.07) is 13.1. The Morgan fingerprint density at radius 3 is 2.33 bits per heavy atom. The molecule has 1 atom stereocenters. The molecule has 0 aliphatic rings. The van der Waals surface area contributed by atoms with Crippen LogP contribution in [0.25, 0.3) is 0 Å². The van der Waals surface area contributed by atoms with Crippen molar-refractivity contribution in [2.24, 2.45) is 0 Å². The van der Waals surface area contributed by atoms with Gasteiger partial charge in [-0.15, -0.1) is 0 Å². The lowest BCUT2D eigenvalue weighted by Crippen LogP contribution is -2.15. The normalized spacial score (nSPS) is 11.8. The predicted octanol–water partition coefficient (Wildman–Crippen LogP) is 4.86. The molecule has 0 aliphatic carbocycles. The highest BCUT2D eigenvalue weighted by atomic mass is 16.5. The molecule has 0 N–H and O–H groups in total. The number of benzene rings is 2. The summed E-state index contributed by atoms with van der Waals surface area (Å²) in [5, 5.41) is 0. The second kappa shape index (κ2) is 7.91. The zero-order valence-electron chi connectivity index (χ0n) is 14.8. The maximum Gasteiger partial charge on any atom is 0.338 e. The van der Waals surface area contributed by atoms with E-state index in [0.717, 1.165) is 17.5 Å². The van der Waals surface area contributed by atoms with Crippen LogP contribution in [0.2, 0.25) is 0 Å². The van der Waals surface area contributed by atoms with Crippen molar-refractivity contribution in [1.29, 1.82) is 0 Å². The van der Waals surface area contributed by atoms with E-state index >= 15 is 0 Å². The van der Waals surface area contributed by atoms with Crippen molar-refractivity contribution in [2.45, 2.75) is 40.0 Å². The van der Waals surface area contributed by atoms with Gasteiger partial charge in [-0.1, -0.05) is 43.7 Å². The molecule has 0 fully saturated rings. The Labute approximate surface area is 143 Å². The number of aryl methyl sites for hydroxylation is 2. The van der Waals surface area contributed by atoms with Crippen LogP contribution >= 0.6 is 0 Å². The van der Waals surface area contributed by atoms with Gasteiger partial charge in [-0.2, -0.15) is 0 Å². The third kappa shape index (κ3) is 4.31. The Kier molecular flexibility index (Phi) is 5.91. The van der Waals surface area contributed by atoms with E-state index in [4.69, 9.17) is 4.74 Å². The van der Waals surface area contributed by atoms with Gasteiger partial charge in [0, 0.05) is 5.56 Å². The molecule has 2 aromatic carbocycles. The number of hydrogen-bond acceptors (Lipinski definition) is 3. The predicted molar refractivity (Wildman–Crippen MR) is 95.7 cm³/mol. The molecule has 0 aliphatic heterocycles. The highest BCUT2D eigenvalue weighted by molar-refractivity contribution is 6.00. The van der Waals surface area contributed by atoms with Gasteiger partial charge in [-0.05, 0) is 55.5 Å². The molecular formula is C21H24O3. The van der Waals surface area contributed by atoms with Crippen molar-refractivity contribution in [3.8, 4) is 0 Å². The minimum atomic E-state index is -0.468. The van der Waals surface area contributed by atoms with E-state index in [1.807, 2.05) is 44.2 Å². The number of ether oxygens (including phenoxy) is 1. The molecule has 0 spiro atoms. The van der Waals surface area contributed by atoms with E-state index in [9.17, 15) is 9.59 Å². The van der Waals surface area contributed by atoms with Crippen LogP contribution in [-0.4, -0.2) is 18.4 Å². The summed E-state index contributed by atoms with van der Waals surface area (Å²) >= 11 is 0. The molecule has 3 nitrogen and oxygen atoms in total. The molecule has 0 bridgehead atoms. The number of rotatable bonds is 6. The largest absolute Gasteiger partial charge is 0.454 e. The molecule has 0 heterocycles. The van der Waals surface area contributed by atoms with Crippen molar-refractivity contribution in [3.63, 3.8) is 0 Å². The molecule has 0 saturated carbocycles. The van der Waals surface area contributed by atoms with Crippen LogP contribution < -0.4 is 0 Å². The second-order valence-electron chi connectivity index (χ2n) is 6.25. The van der Waals surface area contributed by atoms with Crippen molar-refractivity contribution in [2.75, 3.05) is 6.61 Å². The first-order valence-corrected chi connectivity index (χ1v) is 8.30. The molecule has 0 radical (unpaired) electrons. The van der Waals surface area contributed by atoms with Crippen LogP contribution in [0.4, 0.5) is 0 Å². The average molecular weight is 324 g/mol. The maximum absolute atomic E-state index is 12.3. The van der Waals surface area contributed by atoms with Gasteiger partial charge in [0.05, 0.1) is 5.56 Å². The number of Topliss-reactive ketones (excluding diaryl/α,β-unsaturated/α-hetero) is 1. The van der Waals surface area contributed by atoms with E-state index in [1.54, 1.807) is 12.1 Å². The number of hydrogen-bond donors (Lipinski definition) is 0. The summed E-state index contributed by atoms with van der Waals surface area (Å²) in [6.07, 6.45) is 1.05. The van der Waals surface area contributed by atoms with E-state index in [0.29, 0.717) is 17.0 Å². The van der Waals surface area contributed by atoms with Gasteiger partial charge in [0.25, 0.3) is 0 Å².